The highest BCUT2D eigenvalue weighted by atomic mass is 19.4. The summed E-state index contributed by atoms with van der Waals surface area (Å²) >= 11 is 0. The van der Waals surface area contributed by atoms with E-state index >= 15 is 0 Å². The third-order valence-electron chi connectivity index (χ3n) is 5.29. The topological polar surface area (TPSA) is 84.0 Å². The van der Waals surface area contributed by atoms with Gasteiger partial charge in [-0.05, 0) is 31.2 Å². The molecule has 2 aliphatic heterocycles. The fourth-order valence-electron chi connectivity index (χ4n) is 3.79. The zero-order chi connectivity index (χ0) is 22.9. The molecule has 0 aliphatic carbocycles. The van der Waals surface area contributed by atoms with Crippen molar-refractivity contribution in [1.82, 2.24) is 9.88 Å². The number of aromatic nitrogens is 1. The molecule has 1 amide bonds. The molecule has 11 heteroatoms. The number of hydrogen-bond donors (Lipinski definition) is 1. The van der Waals surface area contributed by atoms with Gasteiger partial charge in [-0.1, -0.05) is 0 Å². The summed E-state index contributed by atoms with van der Waals surface area (Å²) in [5.41, 5.74) is 1.92. The van der Waals surface area contributed by atoms with E-state index in [1.165, 1.54) is 12.1 Å². The van der Waals surface area contributed by atoms with Crippen LogP contribution in [0.3, 0.4) is 0 Å². The Morgan fingerprint density at radius 1 is 1.28 bits per heavy atom. The van der Waals surface area contributed by atoms with E-state index in [1.807, 2.05) is 11.8 Å². The lowest BCUT2D eigenvalue weighted by molar-refractivity contribution is -0.274. The minimum atomic E-state index is -4.73. The van der Waals surface area contributed by atoms with Crippen LogP contribution in [0.1, 0.15) is 12.6 Å². The maximum Gasteiger partial charge on any atom is 0.573 e. The molecule has 0 saturated carbocycles. The number of esters is 1. The van der Waals surface area contributed by atoms with E-state index in [1.54, 1.807) is 29.3 Å². The SMILES string of the molecule is C[C@@H]1CN(c2ccc(OC(F)(F)F)cc2)CCN1C(=O)CNc1cnc2c(c1)OC(=O)C2. The molecule has 8 nitrogen and oxygen atoms in total. The Balaban J connectivity index is 1.30. The molecule has 32 heavy (non-hydrogen) atoms. The van der Waals surface area contributed by atoms with Crippen molar-refractivity contribution in [2.45, 2.75) is 25.7 Å². The smallest absolute Gasteiger partial charge is 0.424 e. The molecule has 1 aromatic carbocycles. The average Bonchev–Trinajstić information content (AvgIpc) is 3.10. The summed E-state index contributed by atoms with van der Waals surface area (Å²) in [5, 5.41) is 3.01. The second-order valence-electron chi connectivity index (χ2n) is 7.60. The van der Waals surface area contributed by atoms with Gasteiger partial charge in [0.15, 0.2) is 5.75 Å². The van der Waals surface area contributed by atoms with Crippen molar-refractivity contribution in [3.63, 3.8) is 0 Å². The van der Waals surface area contributed by atoms with E-state index in [9.17, 15) is 22.8 Å². The van der Waals surface area contributed by atoms with E-state index < -0.39 is 6.36 Å². The van der Waals surface area contributed by atoms with Crippen LogP contribution in [0, 0.1) is 0 Å². The first-order valence-electron chi connectivity index (χ1n) is 10.0. The number of ether oxygens (including phenoxy) is 2. The summed E-state index contributed by atoms with van der Waals surface area (Å²) in [6.07, 6.45) is -3.02. The summed E-state index contributed by atoms with van der Waals surface area (Å²) in [5.74, 6) is -0.315. The summed E-state index contributed by atoms with van der Waals surface area (Å²) in [7, 11) is 0. The van der Waals surface area contributed by atoms with Gasteiger partial charge in [-0.3, -0.25) is 14.6 Å². The quantitative estimate of drug-likeness (QED) is 0.701. The second kappa shape index (κ2) is 8.56. The van der Waals surface area contributed by atoms with Crippen molar-refractivity contribution in [3.8, 4) is 11.5 Å². The fourth-order valence-corrected chi connectivity index (χ4v) is 3.79. The van der Waals surface area contributed by atoms with Crippen LogP contribution < -0.4 is 19.7 Å². The van der Waals surface area contributed by atoms with Crippen molar-refractivity contribution in [2.24, 2.45) is 0 Å². The average molecular weight is 450 g/mol. The molecule has 170 valence electrons. The minimum Gasteiger partial charge on any atom is -0.424 e. The molecule has 2 aliphatic rings. The molecule has 0 bridgehead atoms. The Hall–Kier alpha value is -3.50. The molecule has 1 fully saturated rings. The van der Waals surface area contributed by atoms with Crippen molar-refractivity contribution in [2.75, 3.05) is 36.4 Å². The standard InChI is InChI=1S/C21H21F3N4O4/c1-13-12-27(15-2-4-16(5-3-15)32-21(22,23)24)6-7-28(13)19(29)11-25-14-8-18-17(26-10-14)9-20(30)31-18/h2-5,8,10,13,25H,6-7,9,11-12H2,1H3/t13-/m1/s1. The van der Waals surface area contributed by atoms with E-state index in [2.05, 4.69) is 15.0 Å². The van der Waals surface area contributed by atoms with Gasteiger partial charge in [0.1, 0.15) is 5.75 Å². The molecule has 1 aromatic heterocycles. The molecular weight excluding hydrogens is 429 g/mol. The Morgan fingerprint density at radius 3 is 2.72 bits per heavy atom. The molecule has 1 atom stereocenters. The molecule has 1 N–H and O–H groups in total. The number of anilines is 2. The summed E-state index contributed by atoms with van der Waals surface area (Å²) in [6, 6.07) is 7.24. The number of amides is 1. The van der Waals surface area contributed by atoms with Crippen molar-refractivity contribution < 1.29 is 32.2 Å². The molecule has 2 aromatic rings. The van der Waals surface area contributed by atoms with Gasteiger partial charge in [0.25, 0.3) is 0 Å². The number of carbonyl (C=O) groups is 2. The first-order chi connectivity index (χ1) is 15.2. The molecule has 3 heterocycles. The van der Waals surface area contributed by atoms with Crippen molar-refractivity contribution >= 4 is 23.3 Å². The fraction of sp³-hybridized carbons (Fsp3) is 0.381. The number of fused-ring (bicyclic) bond motifs is 1. The van der Waals surface area contributed by atoms with E-state index in [4.69, 9.17) is 4.74 Å². The van der Waals surface area contributed by atoms with E-state index in [0.29, 0.717) is 36.8 Å². The number of piperazine rings is 1. The maximum absolute atomic E-state index is 12.7. The van der Waals surface area contributed by atoms with Gasteiger partial charge in [0.2, 0.25) is 5.91 Å². The predicted molar refractivity (Wildman–Crippen MR) is 109 cm³/mol. The summed E-state index contributed by atoms with van der Waals surface area (Å²) in [6.45, 7) is 3.54. The van der Waals surface area contributed by atoms with Gasteiger partial charge in [0, 0.05) is 37.4 Å². The van der Waals surface area contributed by atoms with Crippen LogP contribution in [0.15, 0.2) is 36.5 Å². The second-order valence-corrected chi connectivity index (χ2v) is 7.60. The number of nitrogens with zero attached hydrogens (tertiary/aromatic N) is 3. The van der Waals surface area contributed by atoms with Crippen LogP contribution in [0.2, 0.25) is 0 Å². The normalized spacial score (nSPS) is 18.2. The lowest BCUT2D eigenvalue weighted by Gasteiger charge is -2.41. The molecular formula is C21H21F3N4O4. The highest BCUT2D eigenvalue weighted by Gasteiger charge is 2.31. The van der Waals surface area contributed by atoms with Gasteiger partial charge >= 0.3 is 12.3 Å². The number of halogens is 3. The van der Waals surface area contributed by atoms with Crippen LogP contribution in [0.5, 0.6) is 11.5 Å². The zero-order valence-electron chi connectivity index (χ0n) is 17.2. The Bertz CT molecular complexity index is 1010. The number of rotatable bonds is 5. The van der Waals surface area contributed by atoms with Gasteiger partial charge in [-0.15, -0.1) is 13.2 Å². The first kappa shape index (κ1) is 21.7. The Labute approximate surface area is 181 Å². The monoisotopic (exact) mass is 450 g/mol. The highest BCUT2D eigenvalue weighted by Crippen LogP contribution is 2.28. The number of hydrogen-bond acceptors (Lipinski definition) is 7. The third-order valence-corrected chi connectivity index (χ3v) is 5.29. The lowest BCUT2D eigenvalue weighted by atomic mass is 10.1. The van der Waals surface area contributed by atoms with Gasteiger partial charge in [0.05, 0.1) is 30.5 Å². The van der Waals surface area contributed by atoms with Crippen LogP contribution in [0.25, 0.3) is 0 Å². The van der Waals surface area contributed by atoms with E-state index in [0.717, 1.165) is 5.69 Å². The minimum absolute atomic E-state index is 0.0578. The lowest BCUT2D eigenvalue weighted by Crippen LogP contribution is -2.55. The molecule has 4 rings (SSSR count). The summed E-state index contributed by atoms with van der Waals surface area (Å²) < 4.78 is 45.9. The zero-order valence-corrected chi connectivity index (χ0v) is 17.2. The number of alkyl halides is 3. The van der Waals surface area contributed by atoms with Gasteiger partial charge in [-0.2, -0.15) is 0 Å². The largest absolute Gasteiger partial charge is 0.573 e. The van der Waals surface area contributed by atoms with Crippen LogP contribution in [-0.2, 0) is 16.0 Å². The molecule has 1 saturated heterocycles. The van der Waals surface area contributed by atoms with Gasteiger partial charge in [-0.25, -0.2) is 0 Å². The summed E-state index contributed by atoms with van der Waals surface area (Å²) in [4.78, 5) is 32.0. The van der Waals surface area contributed by atoms with Crippen LogP contribution in [-0.4, -0.2) is 60.3 Å². The number of nitrogens with one attached hydrogen (secondary N) is 1. The van der Waals surface area contributed by atoms with E-state index in [-0.39, 0.29) is 36.6 Å². The number of pyridine rings is 1. The Morgan fingerprint density at radius 2 is 2.03 bits per heavy atom. The third kappa shape index (κ3) is 5.04. The van der Waals surface area contributed by atoms with Crippen LogP contribution >= 0.6 is 0 Å². The van der Waals surface area contributed by atoms with Crippen molar-refractivity contribution in [3.05, 3.63) is 42.2 Å². The molecule has 0 unspecified atom stereocenters. The maximum atomic E-state index is 12.7. The van der Waals surface area contributed by atoms with Crippen molar-refractivity contribution in [1.29, 1.82) is 0 Å². The predicted octanol–water partition coefficient (Wildman–Crippen LogP) is 2.59. The highest BCUT2D eigenvalue weighted by molar-refractivity contribution is 5.83. The molecule has 0 radical (unpaired) electrons. The van der Waals surface area contributed by atoms with Crippen LogP contribution in [0.4, 0.5) is 24.5 Å². The number of benzene rings is 1. The first-order valence-corrected chi connectivity index (χ1v) is 10.0. The Kier molecular flexibility index (Phi) is 5.81. The molecule has 0 spiro atoms. The van der Waals surface area contributed by atoms with Gasteiger partial charge < -0.3 is 24.6 Å². The number of carbonyl (C=O) groups excluding carboxylic acids is 2.